The molecule has 0 spiro atoms. The van der Waals surface area contributed by atoms with Crippen molar-refractivity contribution in [1.29, 1.82) is 0 Å². The molecule has 1 aromatic carbocycles. The van der Waals surface area contributed by atoms with Crippen LogP contribution in [0.1, 0.15) is 10.4 Å². The molecule has 80 valence electrons. The fourth-order valence-corrected chi connectivity index (χ4v) is 1.39. The van der Waals surface area contributed by atoms with Crippen molar-refractivity contribution in [3.8, 4) is 11.1 Å². The highest BCUT2D eigenvalue weighted by molar-refractivity contribution is 5.78. The molecule has 0 radical (unpaired) electrons. The summed E-state index contributed by atoms with van der Waals surface area (Å²) in [4.78, 5) is 14.3. The summed E-state index contributed by atoms with van der Waals surface area (Å²) in [6.45, 7) is 0. The molecular formula is C12H7F2NO. The van der Waals surface area contributed by atoms with Crippen molar-refractivity contribution in [2.75, 3.05) is 0 Å². The topological polar surface area (TPSA) is 30.0 Å². The smallest absolute Gasteiger partial charge is 0.151 e. The van der Waals surface area contributed by atoms with E-state index >= 15 is 0 Å². The summed E-state index contributed by atoms with van der Waals surface area (Å²) in [5, 5.41) is 0. The van der Waals surface area contributed by atoms with Gasteiger partial charge < -0.3 is 0 Å². The number of carbonyl (C=O) groups excluding carboxylic acids is 1. The van der Waals surface area contributed by atoms with E-state index in [2.05, 4.69) is 4.98 Å². The lowest BCUT2D eigenvalue weighted by molar-refractivity contribution is 0.112. The van der Waals surface area contributed by atoms with Crippen LogP contribution >= 0.6 is 0 Å². The fraction of sp³-hybridized carbons (Fsp3) is 0. The van der Waals surface area contributed by atoms with E-state index in [1.807, 2.05) is 0 Å². The monoisotopic (exact) mass is 219 g/mol. The van der Waals surface area contributed by atoms with E-state index in [1.165, 1.54) is 18.5 Å². The van der Waals surface area contributed by atoms with Crippen molar-refractivity contribution >= 4 is 6.29 Å². The minimum Gasteiger partial charge on any atom is -0.298 e. The molecule has 1 aromatic heterocycles. The maximum atomic E-state index is 13.4. The highest BCUT2D eigenvalue weighted by Crippen LogP contribution is 2.23. The second kappa shape index (κ2) is 4.18. The average molecular weight is 219 g/mol. The summed E-state index contributed by atoms with van der Waals surface area (Å²) in [7, 11) is 0. The van der Waals surface area contributed by atoms with Crippen molar-refractivity contribution in [3.05, 3.63) is 53.9 Å². The molecule has 0 aliphatic heterocycles. The van der Waals surface area contributed by atoms with Gasteiger partial charge in [-0.25, -0.2) is 8.78 Å². The van der Waals surface area contributed by atoms with Gasteiger partial charge in [-0.2, -0.15) is 0 Å². The fourth-order valence-electron chi connectivity index (χ4n) is 1.39. The first kappa shape index (κ1) is 10.4. The Hall–Kier alpha value is -2.10. The highest BCUT2D eigenvalue weighted by atomic mass is 19.1. The van der Waals surface area contributed by atoms with Gasteiger partial charge in [-0.05, 0) is 24.3 Å². The molecule has 16 heavy (non-hydrogen) atoms. The molecule has 0 N–H and O–H groups in total. The van der Waals surface area contributed by atoms with Gasteiger partial charge in [0.1, 0.15) is 11.6 Å². The Morgan fingerprint density at radius 2 is 1.94 bits per heavy atom. The summed E-state index contributed by atoms with van der Waals surface area (Å²) in [6.07, 6.45) is 3.34. The number of nitrogens with zero attached hydrogens (tertiary/aromatic N) is 1. The second-order valence-electron chi connectivity index (χ2n) is 3.25. The molecule has 2 nitrogen and oxygen atoms in total. The predicted molar refractivity (Wildman–Crippen MR) is 55.0 cm³/mol. The molecule has 0 aliphatic carbocycles. The third kappa shape index (κ3) is 1.95. The lowest BCUT2D eigenvalue weighted by atomic mass is 10.1. The first-order valence-corrected chi connectivity index (χ1v) is 4.56. The Kier molecular flexibility index (Phi) is 2.72. The molecule has 2 rings (SSSR count). The predicted octanol–water partition coefficient (Wildman–Crippen LogP) is 2.84. The Morgan fingerprint density at radius 1 is 1.12 bits per heavy atom. The summed E-state index contributed by atoms with van der Waals surface area (Å²) in [5.74, 6) is -1.08. The highest BCUT2D eigenvalue weighted by Gasteiger charge is 2.07. The Balaban J connectivity index is 2.57. The molecule has 0 saturated heterocycles. The summed E-state index contributed by atoms with van der Waals surface area (Å²) < 4.78 is 26.4. The third-order valence-corrected chi connectivity index (χ3v) is 2.13. The molecule has 2 aromatic rings. The van der Waals surface area contributed by atoms with Crippen molar-refractivity contribution in [2.45, 2.75) is 0 Å². The molecule has 0 unspecified atom stereocenters. The second-order valence-corrected chi connectivity index (χ2v) is 3.25. The number of carbonyl (C=O) groups is 1. The number of rotatable bonds is 2. The number of aromatic nitrogens is 1. The Bertz CT molecular complexity index is 540. The van der Waals surface area contributed by atoms with Gasteiger partial charge in [-0.1, -0.05) is 0 Å². The molecule has 4 heteroatoms. The number of hydrogen-bond acceptors (Lipinski definition) is 2. The normalized spacial score (nSPS) is 10.1. The van der Waals surface area contributed by atoms with Gasteiger partial charge in [0.05, 0.1) is 0 Å². The van der Waals surface area contributed by atoms with Crippen LogP contribution in [-0.2, 0) is 0 Å². The zero-order chi connectivity index (χ0) is 11.5. The molecule has 0 atom stereocenters. The van der Waals surface area contributed by atoms with Crippen molar-refractivity contribution in [3.63, 3.8) is 0 Å². The summed E-state index contributed by atoms with van der Waals surface area (Å²) in [6, 6.07) is 4.60. The molecule has 0 bridgehead atoms. The van der Waals surface area contributed by atoms with E-state index in [0.717, 1.165) is 18.2 Å². The van der Waals surface area contributed by atoms with Crippen LogP contribution in [0, 0.1) is 11.6 Å². The first-order valence-electron chi connectivity index (χ1n) is 4.56. The van der Waals surface area contributed by atoms with Crippen LogP contribution in [0.2, 0.25) is 0 Å². The van der Waals surface area contributed by atoms with Crippen LogP contribution in [0.5, 0.6) is 0 Å². The van der Waals surface area contributed by atoms with E-state index in [9.17, 15) is 13.6 Å². The number of benzene rings is 1. The van der Waals surface area contributed by atoms with Crippen LogP contribution in [0.3, 0.4) is 0 Å². The largest absolute Gasteiger partial charge is 0.298 e. The Labute approximate surface area is 90.6 Å². The van der Waals surface area contributed by atoms with Crippen LogP contribution in [-0.4, -0.2) is 11.3 Å². The van der Waals surface area contributed by atoms with Crippen molar-refractivity contribution < 1.29 is 13.6 Å². The van der Waals surface area contributed by atoms with Gasteiger partial charge >= 0.3 is 0 Å². The molecule has 0 aliphatic rings. The minimum absolute atomic E-state index is 0.0937. The lowest BCUT2D eigenvalue weighted by Crippen LogP contribution is -1.89. The van der Waals surface area contributed by atoms with E-state index < -0.39 is 11.6 Å². The van der Waals surface area contributed by atoms with E-state index in [-0.39, 0.29) is 5.56 Å². The van der Waals surface area contributed by atoms with Crippen molar-refractivity contribution in [2.24, 2.45) is 0 Å². The zero-order valence-electron chi connectivity index (χ0n) is 8.15. The van der Waals surface area contributed by atoms with E-state index in [4.69, 9.17) is 0 Å². The van der Waals surface area contributed by atoms with Gasteiger partial charge in [-0.3, -0.25) is 9.78 Å². The minimum atomic E-state index is -0.550. The van der Waals surface area contributed by atoms with Gasteiger partial charge in [0, 0.05) is 29.1 Å². The van der Waals surface area contributed by atoms with Gasteiger partial charge in [0.2, 0.25) is 0 Å². The van der Waals surface area contributed by atoms with E-state index in [0.29, 0.717) is 17.4 Å². The third-order valence-electron chi connectivity index (χ3n) is 2.13. The van der Waals surface area contributed by atoms with Gasteiger partial charge in [0.25, 0.3) is 0 Å². The number of hydrogen-bond donors (Lipinski definition) is 0. The molecule has 0 saturated carbocycles. The number of pyridine rings is 1. The lowest BCUT2D eigenvalue weighted by Gasteiger charge is -2.03. The molecule has 0 fully saturated rings. The van der Waals surface area contributed by atoms with Crippen LogP contribution in [0.25, 0.3) is 11.1 Å². The summed E-state index contributed by atoms with van der Waals surface area (Å²) in [5.41, 5.74) is 0.791. The first-order chi connectivity index (χ1) is 7.70. The zero-order valence-corrected chi connectivity index (χ0v) is 8.15. The maximum Gasteiger partial charge on any atom is 0.151 e. The SMILES string of the molecule is O=Cc1cncc(-c2cc(F)ccc2F)c1. The average Bonchev–Trinajstić information content (AvgIpc) is 2.32. The van der Waals surface area contributed by atoms with Crippen LogP contribution in [0.4, 0.5) is 8.78 Å². The maximum absolute atomic E-state index is 13.4. The van der Waals surface area contributed by atoms with Crippen LogP contribution in [0.15, 0.2) is 36.7 Å². The Morgan fingerprint density at radius 3 is 2.69 bits per heavy atom. The molecular weight excluding hydrogens is 212 g/mol. The quantitative estimate of drug-likeness (QED) is 0.727. The standard InChI is InChI=1S/C12H7F2NO/c13-10-1-2-12(14)11(4-10)9-3-8(7-16)5-15-6-9/h1-7H. The number of aldehydes is 1. The summed E-state index contributed by atoms with van der Waals surface area (Å²) >= 11 is 0. The van der Waals surface area contributed by atoms with Crippen LogP contribution < -0.4 is 0 Å². The van der Waals surface area contributed by atoms with Gasteiger partial charge in [-0.15, -0.1) is 0 Å². The molecule has 1 heterocycles. The van der Waals surface area contributed by atoms with Crippen molar-refractivity contribution in [1.82, 2.24) is 4.98 Å². The van der Waals surface area contributed by atoms with E-state index in [1.54, 1.807) is 0 Å². The van der Waals surface area contributed by atoms with Gasteiger partial charge in [0.15, 0.2) is 6.29 Å². The molecule has 0 amide bonds. The number of halogens is 2.